The van der Waals surface area contributed by atoms with Crippen molar-refractivity contribution in [3.63, 3.8) is 0 Å². The van der Waals surface area contributed by atoms with Gasteiger partial charge in [0.25, 0.3) is 0 Å². The highest BCUT2D eigenvalue weighted by Crippen LogP contribution is 2.17. The quantitative estimate of drug-likeness (QED) is 0.634. The highest BCUT2D eigenvalue weighted by atomic mass is 14.9. The lowest BCUT2D eigenvalue weighted by Gasteiger charge is -2.25. The summed E-state index contributed by atoms with van der Waals surface area (Å²) in [6, 6.07) is 0.445. The molecule has 0 spiro atoms. The van der Waals surface area contributed by atoms with Gasteiger partial charge in [-0.15, -0.1) is 0 Å². The molecule has 0 radical (unpaired) electrons. The zero-order valence-corrected chi connectivity index (χ0v) is 8.28. The van der Waals surface area contributed by atoms with Gasteiger partial charge in [0.1, 0.15) is 0 Å². The summed E-state index contributed by atoms with van der Waals surface area (Å²) in [5.41, 5.74) is 5.89. The van der Waals surface area contributed by atoms with Gasteiger partial charge in [-0.3, -0.25) is 0 Å². The van der Waals surface area contributed by atoms with Crippen molar-refractivity contribution in [2.24, 2.45) is 11.1 Å². The molecule has 1 atom stereocenters. The van der Waals surface area contributed by atoms with Crippen LogP contribution in [0.3, 0.4) is 0 Å². The number of hydrogen-bond acceptors (Lipinski definition) is 2. The standard InChI is InChI=1S/C9H22N2/c1-5-9(3,4)7-11-8(2)6-10/h8,11H,5-7,10H2,1-4H3/t8-/m1/s1. The topological polar surface area (TPSA) is 38.0 Å². The van der Waals surface area contributed by atoms with Crippen molar-refractivity contribution >= 4 is 0 Å². The molecule has 0 aromatic heterocycles. The van der Waals surface area contributed by atoms with Crippen molar-refractivity contribution in [1.82, 2.24) is 5.32 Å². The van der Waals surface area contributed by atoms with Gasteiger partial charge in [0.05, 0.1) is 0 Å². The molecule has 0 rings (SSSR count). The average Bonchev–Trinajstić information content (AvgIpc) is 2.00. The Bertz CT molecular complexity index is 99.7. The van der Waals surface area contributed by atoms with Crippen molar-refractivity contribution in [3.8, 4) is 0 Å². The van der Waals surface area contributed by atoms with Crippen LogP contribution in [-0.4, -0.2) is 19.1 Å². The SMILES string of the molecule is CCC(C)(C)CN[C@H](C)CN. The maximum absolute atomic E-state index is 5.48. The van der Waals surface area contributed by atoms with Gasteiger partial charge in [-0.2, -0.15) is 0 Å². The fraction of sp³-hybridized carbons (Fsp3) is 1.00. The molecule has 11 heavy (non-hydrogen) atoms. The second kappa shape index (κ2) is 4.73. The minimum absolute atomic E-state index is 0.406. The fourth-order valence-electron chi connectivity index (χ4n) is 0.659. The molecular weight excluding hydrogens is 136 g/mol. The predicted molar refractivity (Wildman–Crippen MR) is 50.6 cm³/mol. The van der Waals surface area contributed by atoms with Gasteiger partial charge in [0.2, 0.25) is 0 Å². The number of hydrogen-bond donors (Lipinski definition) is 2. The maximum atomic E-state index is 5.48. The first-order chi connectivity index (χ1) is 5.02. The molecule has 68 valence electrons. The summed E-state index contributed by atoms with van der Waals surface area (Å²) >= 11 is 0. The van der Waals surface area contributed by atoms with Gasteiger partial charge >= 0.3 is 0 Å². The maximum Gasteiger partial charge on any atom is 0.0162 e. The van der Waals surface area contributed by atoms with E-state index in [0.29, 0.717) is 11.5 Å². The van der Waals surface area contributed by atoms with E-state index in [0.717, 1.165) is 13.1 Å². The summed E-state index contributed by atoms with van der Waals surface area (Å²) in [5, 5.41) is 3.40. The Labute approximate surface area is 70.5 Å². The molecule has 0 saturated carbocycles. The molecule has 0 saturated heterocycles. The third-order valence-electron chi connectivity index (χ3n) is 2.24. The molecule has 0 aliphatic rings. The zero-order chi connectivity index (χ0) is 8.91. The van der Waals surface area contributed by atoms with Crippen LogP contribution in [0.2, 0.25) is 0 Å². The monoisotopic (exact) mass is 158 g/mol. The average molecular weight is 158 g/mol. The molecule has 0 aromatic carbocycles. The predicted octanol–water partition coefficient (Wildman–Crippen LogP) is 1.36. The van der Waals surface area contributed by atoms with Gasteiger partial charge in [-0.1, -0.05) is 20.8 Å². The number of nitrogens with two attached hydrogens (primary N) is 1. The minimum Gasteiger partial charge on any atom is -0.329 e. The highest BCUT2D eigenvalue weighted by molar-refractivity contribution is 4.72. The molecule has 0 aliphatic heterocycles. The first-order valence-corrected chi connectivity index (χ1v) is 4.45. The van der Waals surface area contributed by atoms with Crippen molar-refractivity contribution in [1.29, 1.82) is 0 Å². The lowest BCUT2D eigenvalue weighted by Crippen LogP contribution is -2.39. The van der Waals surface area contributed by atoms with Crippen LogP contribution in [0, 0.1) is 5.41 Å². The first-order valence-electron chi connectivity index (χ1n) is 4.45. The van der Waals surface area contributed by atoms with Crippen LogP contribution in [0.1, 0.15) is 34.1 Å². The van der Waals surface area contributed by atoms with E-state index < -0.39 is 0 Å². The van der Waals surface area contributed by atoms with Crippen LogP contribution >= 0.6 is 0 Å². The van der Waals surface area contributed by atoms with Crippen LogP contribution in [-0.2, 0) is 0 Å². The summed E-state index contributed by atoms with van der Waals surface area (Å²) in [5.74, 6) is 0. The van der Waals surface area contributed by atoms with Gasteiger partial charge in [-0.05, 0) is 18.8 Å². The second-order valence-corrected chi connectivity index (χ2v) is 4.04. The Balaban J connectivity index is 3.52. The first kappa shape index (κ1) is 10.9. The molecule has 2 nitrogen and oxygen atoms in total. The third kappa shape index (κ3) is 5.22. The summed E-state index contributed by atoms with van der Waals surface area (Å²) in [6.07, 6.45) is 1.21. The summed E-state index contributed by atoms with van der Waals surface area (Å²) < 4.78 is 0. The molecular formula is C9H22N2. The van der Waals surface area contributed by atoms with Crippen LogP contribution in [0.15, 0.2) is 0 Å². The van der Waals surface area contributed by atoms with Crippen LogP contribution in [0.25, 0.3) is 0 Å². The Kier molecular flexibility index (Phi) is 4.69. The van der Waals surface area contributed by atoms with Crippen LogP contribution in [0.4, 0.5) is 0 Å². The fourth-order valence-corrected chi connectivity index (χ4v) is 0.659. The zero-order valence-electron chi connectivity index (χ0n) is 8.28. The van der Waals surface area contributed by atoms with Gasteiger partial charge in [0, 0.05) is 19.1 Å². The smallest absolute Gasteiger partial charge is 0.0162 e. The van der Waals surface area contributed by atoms with E-state index in [1.54, 1.807) is 0 Å². The van der Waals surface area contributed by atoms with E-state index in [4.69, 9.17) is 5.73 Å². The molecule has 2 heteroatoms. The van der Waals surface area contributed by atoms with Gasteiger partial charge < -0.3 is 11.1 Å². The van der Waals surface area contributed by atoms with E-state index in [9.17, 15) is 0 Å². The molecule has 0 unspecified atom stereocenters. The Morgan fingerprint density at radius 1 is 1.45 bits per heavy atom. The molecule has 3 N–H and O–H groups in total. The van der Waals surface area contributed by atoms with Crippen molar-refractivity contribution in [3.05, 3.63) is 0 Å². The van der Waals surface area contributed by atoms with Crippen molar-refractivity contribution < 1.29 is 0 Å². The highest BCUT2D eigenvalue weighted by Gasteiger charge is 2.14. The molecule has 0 aliphatic carbocycles. The largest absolute Gasteiger partial charge is 0.329 e. The van der Waals surface area contributed by atoms with Crippen molar-refractivity contribution in [2.45, 2.75) is 40.2 Å². The van der Waals surface area contributed by atoms with E-state index in [1.165, 1.54) is 6.42 Å². The van der Waals surface area contributed by atoms with Crippen LogP contribution < -0.4 is 11.1 Å². The molecule has 0 heterocycles. The Morgan fingerprint density at radius 2 is 2.00 bits per heavy atom. The number of rotatable bonds is 5. The Hall–Kier alpha value is -0.0800. The summed E-state index contributed by atoms with van der Waals surface area (Å²) in [7, 11) is 0. The van der Waals surface area contributed by atoms with E-state index in [1.807, 2.05) is 0 Å². The Morgan fingerprint density at radius 3 is 2.36 bits per heavy atom. The number of nitrogens with one attached hydrogen (secondary N) is 1. The van der Waals surface area contributed by atoms with Gasteiger partial charge in [0.15, 0.2) is 0 Å². The molecule has 0 fully saturated rings. The molecule has 0 aromatic rings. The minimum atomic E-state index is 0.406. The normalized spacial score (nSPS) is 15.0. The van der Waals surface area contributed by atoms with Crippen LogP contribution in [0.5, 0.6) is 0 Å². The molecule has 0 amide bonds. The summed E-state index contributed by atoms with van der Waals surface area (Å²) in [6.45, 7) is 10.6. The van der Waals surface area contributed by atoms with E-state index in [2.05, 4.69) is 33.0 Å². The van der Waals surface area contributed by atoms with Gasteiger partial charge in [-0.25, -0.2) is 0 Å². The van der Waals surface area contributed by atoms with E-state index in [-0.39, 0.29) is 0 Å². The van der Waals surface area contributed by atoms with E-state index >= 15 is 0 Å². The third-order valence-corrected chi connectivity index (χ3v) is 2.24. The lowest BCUT2D eigenvalue weighted by molar-refractivity contribution is 0.314. The lowest BCUT2D eigenvalue weighted by atomic mass is 9.90. The molecule has 0 bridgehead atoms. The summed E-state index contributed by atoms with van der Waals surface area (Å²) in [4.78, 5) is 0. The second-order valence-electron chi connectivity index (χ2n) is 4.04. The van der Waals surface area contributed by atoms with Crippen molar-refractivity contribution in [2.75, 3.05) is 13.1 Å².